The van der Waals surface area contributed by atoms with Crippen LogP contribution in [0.5, 0.6) is 5.75 Å². The predicted octanol–water partition coefficient (Wildman–Crippen LogP) is 3.84. The number of carbonyl (C=O) groups excluding carboxylic acids is 2. The number of aromatic nitrogens is 1. The molecule has 7 nitrogen and oxygen atoms in total. The van der Waals surface area contributed by atoms with Crippen LogP contribution < -0.4 is 10.1 Å². The molecule has 1 aliphatic heterocycles. The summed E-state index contributed by atoms with van der Waals surface area (Å²) in [6, 6.07) is 4.26. The summed E-state index contributed by atoms with van der Waals surface area (Å²) in [5.74, 6) is -7.73. The lowest BCUT2D eigenvalue weighted by molar-refractivity contribution is -0.221. The van der Waals surface area contributed by atoms with Crippen LogP contribution in [0, 0.1) is 17.6 Å². The number of nitrogens with one attached hydrogen (secondary N) is 1. The quantitative estimate of drug-likeness (QED) is 0.524. The van der Waals surface area contributed by atoms with Crippen molar-refractivity contribution in [1.82, 2.24) is 4.98 Å². The van der Waals surface area contributed by atoms with Crippen molar-refractivity contribution in [2.45, 2.75) is 31.2 Å². The van der Waals surface area contributed by atoms with E-state index in [2.05, 4.69) is 15.0 Å². The first-order valence-corrected chi connectivity index (χ1v) is 9.58. The summed E-state index contributed by atoms with van der Waals surface area (Å²) < 4.78 is 83.3. The third-order valence-electron chi connectivity index (χ3n) is 5.31. The Morgan fingerprint density at radius 3 is 2.45 bits per heavy atom. The molecule has 12 heteroatoms. The number of nitrogens with zero attached hydrogens (tertiary/aromatic N) is 1. The van der Waals surface area contributed by atoms with Crippen molar-refractivity contribution in [3.8, 4) is 5.75 Å². The van der Waals surface area contributed by atoms with Gasteiger partial charge in [0.05, 0.1) is 14.2 Å². The molecule has 2 aromatic rings. The number of benzene rings is 1. The van der Waals surface area contributed by atoms with Gasteiger partial charge in [0.2, 0.25) is 5.82 Å². The van der Waals surface area contributed by atoms with Crippen LogP contribution in [-0.2, 0) is 14.3 Å². The summed E-state index contributed by atoms with van der Waals surface area (Å²) >= 11 is 0. The van der Waals surface area contributed by atoms with E-state index in [9.17, 15) is 31.5 Å². The third kappa shape index (κ3) is 4.75. The van der Waals surface area contributed by atoms with Crippen LogP contribution in [-0.4, -0.2) is 49.5 Å². The van der Waals surface area contributed by atoms with Gasteiger partial charge in [-0.1, -0.05) is 13.0 Å². The number of anilines is 1. The van der Waals surface area contributed by atoms with E-state index < -0.39 is 59.5 Å². The number of alkyl halides is 3. The first kappa shape index (κ1) is 24.4. The highest BCUT2D eigenvalue weighted by Crippen LogP contribution is 2.49. The molecule has 4 unspecified atom stereocenters. The van der Waals surface area contributed by atoms with Crippen molar-refractivity contribution in [2.24, 2.45) is 5.92 Å². The second kappa shape index (κ2) is 9.30. The maximum atomic E-state index is 14.3. The smallest absolute Gasteiger partial charge is 0.414 e. The Morgan fingerprint density at radius 1 is 1.15 bits per heavy atom. The van der Waals surface area contributed by atoms with Crippen molar-refractivity contribution in [1.29, 1.82) is 0 Å². The summed E-state index contributed by atoms with van der Waals surface area (Å²) in [6.07, 6.45) is -7.72. The molecule has 0 saturated carbocycles. The lowest BCUT2D eigenvalue weighted by Crippen LogP contribution is -2.35. The lowest BCUT2D eigenvalue weighted by atomic mass is 9.81. The van der Waals surface area contributed by atoms with E-state index in [4.69, 9.17) is 9.47 Å². The molecule has 4 atom stereocenters. The molecule has 0 spiro atoms. The summed E-state index contributed by atoms with van der Waals surface area (Å²) in [4.78, 5) is 28.4. The minimum Gasteiger partial charge on any atom is -0.493 e. The molecule has 1 aromatic carbocycles. The van der Waals surface area contributed by atoms with Gasteiger partial charge in [0, 0.05) is 29.3 Å². The van der Waals surface area contributed by atoms with Crippen molar-refractivity contribution in [3.63, 3.8) is 0 Å². The van der Waals surface area contributed by atoms with E-state index in [0.717, 1.165) is 32.4 Å². The Labute approximate surface area is 184 Å². The normalized spacial score (nSPS) is 22.7. The van der Waals surface area contributed by atoms with Crippen LogP contribution in [0.1, 0.15) is 28.9 Å². The Hall–Kier alpha value is -3.28. The minimum atomic E-state index is -4.83. The predicted molar refractivity (Wildman–Crippen MR) is 104 cm³/mol. The topological polar surface area (TPSA) is 86.8 Å². The number of amides is 1. The Balaban J connectivity index is 2.00. The van der Waals surface area contributed by atoms with Crippen molar-refractivity contribution >= 4 is 17.6 Å². The lowest BCUT2D eigenvalue weighted by Gasteiger charge is -2.24. The second-order valence-corrected chi connectivity index (χ2v) is 7.30. The largest absolute Gasteiger partial charge is 0.493 e. The maximum absolute atomic E-state index is 14.3. The molecule has 1 fully saturated rings. The average molecular weight is 474 g/mol. The molecule has 0 radical (unpaired) electrons. The van der Waals surface area contributed by atoms with Gasteiger partial charge in [0.25, 0.3) is 5.91 Å². The minimum absolute atomic E-state index is 0.0399. The van der Waals surface area contributed by atoms with E-state index in [1.54, 1.807) is 0 Å². The fourth-order valence-corrected chi connectivity index (χ4v) is 3.83. The number of hydrogen-bond donors (Lipinski definition) is 1. The average Bonchev–Trinajstić information content (AvgIpc) is 3.12. The fourth-order valence-electron chi connectivity index (χ4n) is 3.83. The highest BCUT2D eigenvalue weighted by Gasteiger charge is 2.57. The van der Waals surface area contributed by atoms with Crippen molar-refractivity contribution in [2.75, 3.05) is 19.5 Å². The maximum Gasteiger partial charge on any atom is 0.414 e. The summed E-state index contributed by atoms with van der Waals surface area (Å²) in [5, 5.41) is 2.37. The number of carbonyl (C=O) groups is 2. The van der Waals surface area contributed by atoms with Crippen LogP contribution in [0.3, 0.4) is 0 Å². The molecule has 1 amide bonds. The molecule has 1 saturated heterocycles. The number of methoxy groups -OCH3 is 2. The summed E-state index contributed by atoms with van der Waals surface area (Å²) in [5.41, 5.74) is -0.262. The number of esters is 1. The number of rotatable bonds is 5. The van der Waals surface area contributed by atoms with E-state index in [-0.39, 0.29) is 16.9 Å². The van der Waals surface area contributed by atoms with Gasteiger partial charge >= 0.3 is 12.1 Å². The van der Waals surface area contributed by atoms with Gasteiger partial charge in [0.1, 0.15) is 11.8 Å². The van der Waals surface area contributed by atoms with Gasteiger partial charge in [-0.15, -0.1) is 0 Å². The third-order valence-corrected chi connectivity index (χ3v) is 5.31. The number of halogens is 5. The zero-order valence-corrected chi connectivity index (χ0v) is 17.6. The molecule has 33 heavy (non-hydrogen) atoms. The number of hydrogen-bond acceptors (Lipinski definition) is 6. The van der Waals surface area contributed by atoms with Crippen LogP contribution in [0.15, 0.2) is 30.5 Å². The second-order valence-electron chi connectivity index (χ2n) is 7.30. The van der Waals surface area contributed by atoms with E-state index in [0.29, 0.717) is 0 Å². The monoisotopic (exact) mass is 474 g/mol. The fraction of sp³-hybridized carbons (Fsp3) is 0.381. The van der Waals surface area contributed by atoms with Gasteiger partial charge in [-0.25, -0.2) is 14.2 Å². The van der Waals surface area contributed by atoms with Gasteiger partial charge in [-0.05, 0) is 18.2 Å². The number of pyridine rings is 1. The molecule has 2 heterocycles. The summed E-state index contributed by atoms with van der Waals surface area (Å²) in [6.45, 7) is 1.19. The van der Waals surface area contributed by atoms with Crippen LogP contribution in [0.25, 0.3) is 0 Å². The summed E-state index contributed by atoms with van der Waals surface area (Å²) in [7, 11) is 2.16. The Morgan fingerprint density at radius 2 is 1.85 bits per heavy atom. The highest BCUT2D eigenvalue weighted by molar-refractivity contribution is 5.96. The zero-order valence-electron chi connectivity index (χ0n) is 17.6. The van der Waals surface area contributed by atoms with Gasteiger partial charge in [0.15, 0.2) is 17.7 Å². The first-order valence-electron chi connectivity index (χ1n) is 9.58. The standard InChI is InChI=1S/C21H19F5N2O5/c1-9-14(11-4-5-12(22)15(23)16(11)31-2)17(33-18(9)21(24,25)26)19(29)28-10-6-7-27-13(8-10)20(30)32-3/h4-9,14,17-18H,1-3H3,(H,27,28,29). The molecule has 178 valence electrons. The zero-order chi connectivity index (χ0) is 24.5. The molecule has 1 aliphatic rings. The molecular formula is C21H19F5N2O5. The van der Waals surface area contributed by atoms with Crippen LogP contribution >= 0.6 is 0 Å². The molecule has 0 aliphatic carbocycles. The van der Waals surface area contributed by atoms with E-state index >= 15 is 0 Å². The molecule has 0 bridgehead atoms. The Kier molecular flexibility index (Phi) is 6.86. The van der Waals surface area contributed by atoms with Gasteiger partial charge in [-0.3, -0.25) is 4.79 Å². The molecular weight excluding hydrogens is 455 g/mol. The van der Waals surface area contributed by atoms with Gasteiger partial charge < -0.3 is 19.5 Å². The molecule has 1 aromatic heterocycles. The van der Waals surface area contributed by atoms with Crippen LogP contribution in [0.2, 0.25) is 0 Å². The SMILES string of the molecule is COC(=O)c1cc(NC(=O)C2OC(C(F)(F)F)C(C)C2c2ccc(F)c(F)c2OC)ccn1. The van der Waals surface area contributed by atoms with E-state index in [1.165, 1.54) is 19.2 Å². The van der Waals surface area contributed by atoms with Crippen molar-refractivity contribution in [3.05, 3.63) is 53.4 Å². The molecule has 3 rings (SSSR count). The van der Waals surface area contributed by atoms with Crippen molar-refractivity contribution < 1.29 is 45.8 Å². The van der Waals surface area contributed by atoms with Gasteiger partial charge in [-0.2, -0.15) is 17.6 Å². The number of ether oxygens (including phenoxy) is 3. The van der Waals surface area contributed by atoms with E-state index in [1.807, 2.05) is 0 Å². The first-order chi connectivity index (χ1) is 15.5. The molecule has 1 N–H and O–H groups in total. The van der Waals surface area contributed by atoms with Crippen LogP contribution in [0.4, 0.5) is 27.6 Å². The Bertz CT molecular complexity index is 1060. The highest BCUT2D eigenvalue weighted by atomic mass is 19.4.